The van der Waals surface area contributed by atoms with Crippen molar-refractivity contribution in [2.24, 2.45) is 0 Å². The van der Waals surface area contributed by atoms with E-state index in [4.69, 9.17) is 9.15 Å². The van der Waals surface area contributed by atoms with Crippen LogP contribution in [0.1, 0.15) is 29.7 Å². The van der Waals surface area contributed by atoms with Crippen molar-refractivity contribution in [3.05, 3.63) is 42.1 Å². The van der Waals surface area contributed by atoms with E-state index in [0.29, 0.717) is 23.9 Å². The molecule has 2 heterocycles. The summed E-state index contributed by atoms with van der Waals surface area (Å²) in [6.45, 7) is 2.67. The second-order valence-corrected chi connectivity index (χ2v) is 5.12. The van der Waals surface area contributed by atoms with E-state index in [1.165, 1.54) is 6.26 Å². The molecule has 0 spiro atoms. The van der Waals surface area contributed by atoms with Crippen LogP contribution >= 0.6 is 0 Å². The van der Waals surface area contributed by atoms with E-state index >= 15 is 0 Å². The fourth-order valence-electron chi connectivity index (χ4n) is 2.28. The number of hydrogen-bond acceptors (Lipinski definition) is 5. The van der Waals surface area contributed by atoms with Gasteiger partial charge < -0.3 is 14.5 Å². The summed E-state index contributed by atoms with van der Waals surface area (Å²) in [5.41, 5.74) is 0.876. The number of hydrogen-bond donors (Lipinski definition) is 1. The molecule has 0 unspecified atom stereocenters. The molecule has 1 aromatic heterocycles. The SMILES string of the molecule is CCCNC(=O)c1coc(CN2C(=O)COc3ccccc32)n1. The third kappa shape index (κ3) is 3.18. The number of carbonyl (C=O) groups is 2. The lowest BCUT2D eigenvalue weighted by Gasteiger charge is -2.28. The Kier molecular flexibility index (Phi) is 4.27. The van der Waals surface area contributed by atoms with Crippen molar-refractivity contribution in [1.82, 2.24) is 10.3 Å². The average Bonchev–Trinajstić information content (AvgIpc) is 3.04. The number of amides is 2. The molecule has 7 heteroatoms. The van der Waals surface area contributed by atoms with Crippen molar-refractivity contribution < 1.29 is 18.7 Å². The smallest absolute Gasteiger partial charge is 0.273 e. The second kappa shape index (κ2) is 6.51. The predicted molar refractivity (Wildman–Crippen MR) is 82.3 cm³/mol. The molecule has 0 radical (unpaired) electrons. The van der Waals surface area contributed by atoms with Gasteiger partial charge in [-0.2, -0.15) is 0 Å². The van der Waals surface area contributed by atoms with Gasteiger partial charge in [0.05, 0.1) is 5.69 Å². The molecule has 0 aliphatic carbocycles. The van der Waals surface area contributed by atoms with Gasteiger partial charge in [0.25, 0.3) is 11.8 Å². The number of rotatable bonds is 5. The molecule has 0 atom stereocenters. The Hall–Kier alpha value is -2.83. The highest BCUT2D eigenvalue weighted by molar-refractivity contribution is 5.97. The third-order valence-electron chi connectivity index (χ3n) is 3.42. The summed E-state index contributed by atoms with van der Waals surface area (Å²) in [5.74, 6) is 0.478. The Morgan fingerprint density at radius 1 is 1.39 bits per heavy atom. The number of ether oxygens (including phenoxy) is 1. The lowest BCUT2D eigenvalue weighted by molar-refractivity contribution is -0.121. The largest absolute Gasteiger partial charge is 0.482 e. The number of anilines is 1. The highest BCUT2D eigenvalue weighted by atomic mass is 16.5. The van der Waals surface area contributed by atoms with Crippen LogP contribution in [0.25, 0.3) is 0 Å². The maximum absolute atomic E-state index is 12.1. The Bertz CT molecular complexity index is 726. The van der Waals surface area contributed by atoms with Gasteiger partial charge in [-0.3, -0.25) is 14.5 Å². The lowest BCUT2D eigenvalue weighted by atomic mass is 10.2. The van der Waals surface area contributed by atoms with Crippen molar-refractivity contribution in [1.29, 1.82) is 0 Å². The van der Waals surface area contributed by atoms with E-state index in [9.17, 15) is 9.59 Å². The molecule has 0 saturated heterocycles. The molecule has 3 rings (SSSR count). The number of carbonyl (C=O) groups excluding carboxylic acids is 2. The van der Waals surface area contributed by atoms with Crippen LogP contribution in [0.3, 0.4) is 0 Å². The summed E-state index contributed by atoms with van der Waals surface area (Å²) < 4.78 is 10.7. The maximum atomic E-state index is 12.1. The van der Waals surface area contributed by atoms with Crippen LogP contribution < -0.4 is 15.0 Å². The Labute approximate surface area is 133 Å². The number of fused-ring (bicyclic) bond motifs is 1. The molecular formula is C16H17N3O4. The van der Waals surface area contributed by atoms with Crippen molar-refractivity contribution in [3.63, 3.8) is 0 Å². The van der Waals surface area contributed by atoms with Crippen LogP contribution in [0.4, 0.5) is 5.69 Å². The van der Waals surface area contributed by atoms with Crippen LogP contribution in [0.5, 0.6) is 5.75 Å². The first-order valence-electron chi connectivity index (χ1n) is 7.44. The number of aromatic nitrogens is 1. The predicted octanol–water partition coefficient (Wildman–Crippen LogP) is 1.74. The average molecular weight is 315 g/mol. The quantitative estimate of drug-likeness (QED) is 0.908. The topological polar surface area (TPSA) is 84.7 Å². The molecule has 0 saturated carbocycles. The zero-order chi connectivity index (χ0) is 16.2. The summed E-state index contributed by atoms with van der Waals surface area (Å²) >= 11 is 0. The van der Waals surface area contributed by atoms with Crippen LogP contribution in [0.15, 0.2) is 34.9 Å². The van der Waals surface area contributed by atoms with E-state index < -0.39 is 0 Å². The van der Waals surface area contributed by atoms with E-state index in [-0.39, 0.29) is 30.7 Å². The van der Waals surface area contributed by atoms with Crippen molar-refractivity contribution in [2.45, 2.75) is 19.9 Å². The Morgan fingerprint density at radius 3 is 3.04 bits per heavy atom. The summed E-state index contributed by atoms with van der Waals surface area (Å²) in [4.78, 5) is 29.6. The first kappa shape index (κ1) is 15.1. The number of nitrogens with zero attached hydrogens (tertiary/aromatic N) is 2. The zero-order valence-electron chi connectivity index (χ0n) is 12.7. The van der Waals surface area contributed by atoms with E-state index in [0.717, 1.165) is 6.42 Å². The number of oxazole rings is 1. The van der Waals surface area contributed by atoms with E-state index in [1.54, 1.807) is 17.0 Å². The monoisotopic (exact) mass is 315 g/mol. The van der Waals surface area contributed by atoms with Crippen LogP contribution in [-0.4, -0.2) is 29.9 Å². The molecule has 0 fully saturated rings. The first-order chi connectivity index (χ1) is 11.2. The Morgan fingerprint density at radius 2 is 2.22 bits per heavy atom. The highest BCUT2D eigenvalue weighted by Gasteiger charge is 2.27. The third-order valence-corrected chi connectivity index (χ3v) is 3.42. The van der Waals surface area contributed by atoms with E-state index in [1.807, 2.05) is 19.1 Å². The molecule has 1 aliphatic heterocycles. The molecule has 1 aliphatic rings. The zero-order valence-corrected chi connectivity index (χ0v) is 12.7. The highest BCUT2D eigenvalue weighted by Crippen LogP contribution is 2.32. The lowest BCUT2D eigenvalue weighted by Crippen LogP contribution is -2.38. The summed E-state index contributed by atoms with van der Waals surface area (Å²) in [6.07, 6.45) is 2.15. The van der Waals surface area contributed by atoms with Crippen LogP contribution in [0.2, 0.25) is 0 Å². The van der Waals surface area contributed by atoms with E-state index in [2.05, 4.69) is 10.3 Å². The number of para-hydroxylation sites is 2. The molecule has 1 N–H and O–H groups in total. The molecule has 2 amide bonds. The van der Waals surface area contributed by atoms with Crippen molar-refractivity contribution in [2.75, 3.05) is 18.1 Å². The first-order valence-corrected chi connectivity index (χ1v) is 7.44. The van der Waals surface area contributed by atoms with Gasteiger partial charge >= 0.3 is 0 Å². The van der Waals surface area contributed by atoms with Gasteiger partial charge in [0, 0.05) is 6.54 Å². The molecule has 7 nitrogen and oxygen atoms in total. The summed E-state index contributed by atoms with van der Waals surface area (Å²) in [7, 11) is 0. The molecule has 23 heavy (non-hydrogen) atoms. The number of benzene rings is 1. The van der Waals surface area contributed by atoms with Crippen LogP contribution in [-0.2, 0) is 11.3 Å². The molecule has 2 aromatic rings. The van der Waals surface area contributed by atoms with Gasteiger partial charge in [-0.15, -0.1) is 0 Å². The number of nitrogens with one attached hydrogen (secondary N) is 1. The maximum Gasteiger partial charge on any atom is 0.273 e. The van der Waals surface area contributed by atoms with Crippen LogP contribution in [0, 0.1) is 0 Å². The standard InChI is InChI=1S/C16H17N3O4/c1-2-7-17-16(21)11-9-23-14(18-11)8-19-12-5-3-4-6-13(12)22-10-15(19)20/h3-6,9H,2,7-8,10H2,1H3,(H,17,21). The molecule has 120 valence electrons. The minimum absolute atomic E-state index is 0.0262. The molecule has 1 aromatic carbocycles. The molecule has 0 bridgehead atoms. The van der Waals surface area contributed by atoms with Gasteiger partial charge in [0.2, 0.25) is 5.89 Å². The van der Waals surface area contributed by atoms with Crippen molar-refractivity contribution >= 4 is 17.5 Å². The fourth-order valence-corrected chi connectivity index (χ4v) is 2.28. The summed E-state index contributed by atoms with van der Waals surface area (Å²) in [6, 6.07) is 7.26. The summed E-state index contributed by atoms with van der Waals surface area (Å²) in [5, 5.41) is 2.73. The van der Waals surface area contributed by atoms with Gasteiger partial charge in [-0.05, 0) is 18.6 Å². The van der Waals surface area contributed by atoms with Gasteiger partial charge in [0.15, 0.2) is 12.3 Å². The fraction of sp³-hybridized carbons (Fsp3) is 0.312. The second-order valence-electron chi connectivity index (χ2n) is 5.12. The minimum atomic E-state index is -0.282. The molecular weight excluding hydrogens is 298 g/mol. The Balaban J connectivity index is 1.76. The minimum Gasteiger partial charge on any atom is -0.482 e. The van der Waals surface area contributed by atoms with Gasteiger partial charge in [0.1, 0.15) is 18.6 Å². The van der Waals surface area contributed by atoms with Crippen molar-refractivity contribution in [3.8, 4) is 5.75 Å². The normalized spacial score (nSPS) is 13.4. The van der Waals surface area contributed by atoms with Gasteiger partial charge in [-0.1, -0.05) is 19.1 Å². The van der Waals surface area contributed by atoms with Gasteiger partial charge in [-0.25, -0.2) is 4.98 Å².